The average molecular weight is 588 g/mol. The molecule has 0 spiro atoms. The van der Waals surface area contributed by atoms with Gasteiger partial charge in [0, 0.05) is 33.2 Å². The van der Waals surface area contributed by atoms with Gasteiger partial charge in [-0.3, -0.25) is 0 Å². The van der Waals surface area contributed by atoms with Crippen LogP contribution < -0.4 is 15.6 Å². The Morgan fingerprint density at radius 2 is 1.79 bits per heavy atom. The molecule has 3 N–H and O–H groups in total. The quantitative estimate of drug-likeness (QED) is 0.252. The van der Waals surface area contributed by atoms with Crippen LogP contribution in [0.1, 0.15) is 11.1 Å². The number of nitrogens with zero attached hydrogens (tertiary/aromatic N) is 5. The summed E-state index contributed by atoms with van der Waals surface area (Å²) in [6, 6.07) is 6.67. The van der Waals surface area contributed by atoms with Crippen molar-refractivity contribution in [2.24, 2.45) is 5.10 Å². The Morgan fingerprint density at radius 3 is 2.56 bits per heavy atom. The predicted octanol–water partition coefficient (Wildman–Crippen LogP) is 5.63. The Hall–Kier alpha value is -2.37. The highest BCUT2D eigenvalue weighted by Crippen LogP contribution is 2.32. The second-order valence-corrected chi connectivity index (χ2v) is 9.39. The number of morpholine rings is 1. The lowest BCUT2D eigenvalue weighted by atomic mass is 10.2. The van der Waals surface area contributed by atoms with Gasteiger partial charge in [-0.2, -0.15) is 20.1 Å². The summed E-state index contributed by atoms with van der Waals surface area (Å²) in [5, 5.41) is 18.5. The molecular weight excluding hydrogens is 569 g/mol. The SMILES string of the molecule is Cc1cc(Br)c(Nc2nc(NN=Cc3cc(Cl)cc(Cl)c3O)nc(N3CCOCC3)n2)cc1Cl. The molecule has 0 unspecified atom stereocenters. The molecule has 0 bridgehead atoms. The van der Waals surface area contributed by atoms with Gasteiger partial charge in [0.05, 0.1) is 30.1 Å². The number of aromatic hydroxyl groups is 1. The summed E-state index contributed by atoms with van der Waals surface area (Å²) < 4.78 is 6.24. The Labute approximate surface area is 219 Å². The van der Waals surface area contributed by atoms with E-state index in [1.165, 1.54) is 18.3 Å². The van der Waals surface area contributed by atoms with Crippen LogP contribution in [0.2, 0.25) is 15.1 Å². The van der Waals surface area contributed by atoms with E-state index < -0.39 is 0 Å². The molecule has 0 saturated carbocycles. The number of phenols is 1. The van der Waals surface area contributed by atoms with Crippen LogP contribution in [0.4, 0.5) is 23.5 Å². The molecule has 9 nitrogen and oxygen atoms in total. The molecule has 1 aliphatic rings. The number of aryl methyl sites for hydroxylation is 1. The van der Waals surface area contributed by atoms with Crippen molar-refractivity contribution in [3.63, 3.8) is 0 Å². The van der Waals surface area contributed by atoms with Crippen molar-refractivity contribution in [1.82, 2.24) is 15.0 Å². The van der Waals surface area contributed by atoms with E-state index in [1.54, 1.807) is 6.07 Å². The third kappa shape index (κ3) is 6.00. The summed E-state index contributed by atoms with van der Waals surface area (Å²) in [5.41, 5.74) is 4.74. The van der Waals surface area contributed by atoms with Gasteiger partial charge >= 0.3 is 0 Å². The fourth-order valence-corrected chi connectivity index (χ4v) is 4.31. The Balaban J connectivity index is 1.63. The van der Waals surface area contributed by atoms with E-state index in [4.69, 9.17) is 39.5 Å². The lowest BCUT2D eigenvalue weighted by Crippen LogP contribution is -2.37. The van der Waals surface area contributed by atoms with Crippen molar-refractivity contribution in [3.05, 3.63) is 54.9 Å². The minimum absolute atomic E-state index is 0.123. The van der Waals surface area contributed by atoms with Crippen LogP contribution in [0.15, 0.2) is 33.8 Å². The fraction of sp³-hybridized carbons (Fsp3) is 0.238. The summed E-state index contributed by atoms with van der Waals surface area (Å²) in [7, 11) is 0. The largest absolute Gasteiger partial charge is 0.506 e. The van der Waals surface area contributed by atoms with E-state index in [9.17, 15) is 5.11 Å². The number of rotatable bonds is 6. The van der Waals surface area contributed by atoms with Gasteiger partial charge in [-0.05, 0) is 52.7 Å². The van der Waals surface area contributed by atoms with E-state index >= 15 is 0 Å². The van der Waals surface area contributed by atoms with E-state index in [0.29, 0.717) is 59.5 Å². The standard InChI is InChI=1S/C21H19BrCl3N7O2/c1-11-6-14(22)17(9-15(11)24)27-19-28-20(30-21(29-19)32-2-4-34-5-3-32)31-26-10-12-7-13(23)8-16(25)18(12)33/h6-10,33H,2-5H2,1H3,(H2,27,28,29,30,31). The molecular formula is C21H19BrCl3N7O2. The number of phenolic OH excluding ortho intramolecular Hbond substituents is 1. The zero-order chi connectivity index (χ0) is 24.2. The van der Waals surface area contributed by atoms with Crippen molar-refractivity contribution in [2.45, 2.75) is 6.92 Å². The van der Waals surface area contributed by atoms with Crippen molar-refractivity contribution in [1.29, 1.82) is 0 Å². The predicted molar refractivity (Wildman–Crippen MR) is 139 cm³/mol. The molecule has 1 aromatic heterocycles. The summed E-state index contributed by atoms with van der Waals surface area (Å²) in [5.74, 6) is 0.812. The lowest BCUT2D eigenvalue weighted by Gasteiger charge is -2.27. The van der Waals surface area contributed by atoms with Crippen molar-refractivity contribution in [2.75, 3.05) is 41.9 Å². The normalized spacial score (nSPS) is 14.0. The average Bonchev–Trinajstić information content (AvgIpc) is 2.81. The molecule has 2 aromatic carbocycles. The number of aromatic nitrogens is 3. The van der Waals surface area contributed by atoms with E-state index in [0.717, 1.165) is 10.0 Å². The molecule has 0 amide bonds. The molecule has 13 heteroatoms. The molecule has 34 heavy (non-hydrogen) atoms. The topological polar surface area (TPSA) is 108 Å². The highest BCUT2D eigenvalue weighted by Gasteiger charge is 2.17. The highest BCUT2D eigenvalue weighted by molar-refractivity contribution is 9.10. The number of hydrogen-bond donors (Lipinski definition) is 3. The summed E-state index contributed by atoms with van der Waals surface area (Å²) in [4.78, 5) is 15.4. The molecule has 1 fully saturated rings. The van der Waals surface area contributed by atoms with Crippen LogP contribution in [-0.2, 0) is 4.74 Å². The maximum Gasteiger partial charge on any atom is 0.250 e. The minimum atomic E-state index is -0.135. The summed E-state index contributed by atoms with van der Waals surface area (Å²) in [6.45, 7) is 4.34. The molecule has 1 saturated heterocycles. The number of halogens is 4. The van der Waals surface area contributed by atoms with Crippen LogP contribution in [0.25, 0.3) is 0 Å². The van der Waals surface area contributed by atoms with Gasteiger partial charge in [0.2, 0.25) is 17.8 Å². The van der Waals surface area contributed by atoms with Crippen molar-refractivity contribution >= 4 is 80.5 Å². The first-order chi connectivity index (χ1) is 16.3. The van der Waals surface area contributed by atoms with Gasteiger partial charge in [-0.15, -0.1) is 0 Å². The number of anilines is 4. The first-order valence-electron chi connectivity index (χ1n) is 10.1. The maximum absolute atomic E-state index is 10.1. The molecule has 3 aromatic rings. The van der Waals surface area contributed by atoms with Crippen LogP contribution in [0, 0.1) is 6.92 Å². The number of hydrazone groups is 1. The Bertz CT molecular complexity index is 1240. The van der Waals surface area contributed by atoms with Gasteiger partial charge in [0.15, 0.2) is 0 Å². The molecule has 2 heterocycles. The summed E-state index contributed by atoms with van der Waals surface area (Å²) in [6.07, 6.45) is 1.37. The lowest BCUT2D eigenvalue weighted by molar-refractivity contribution is 0.122. The first kappa shape index (κ1) is 24.7. The van der Waals surface area contributed by atoms with Gasteiger partial charge < -0.3 is 20.1 Å². The minimum Gasteiger partial charge on any atom is -0.506 e. The Kier molecular flexibility index (Phi) is 7.95. The van der Waals surface area contributed by atoms with E-state index in [-0.39, 0.29) is 16.7 Å². The second-order valence-electron chi connectivity index (χ2n) is 7.28. The number of ether oxygens (including phenoxy) is 1. The molecule has 4 rings (SSSR count). The van der Waals surface area contributed by atoms with Crippen LogP contribution in [-0.4, -0.2) is 52.6 Å². The summed E-state index contributed by atoms with van der Waals surface area (Å²) >= 11 is 21.8. The molecule has 178 valence electrons. The molecule has 0 radical (unpaired) electrons. The van der Waals surface area contributed by atoms with Crippen LogP contribution in [0.3, 0.4) is 0 Å². The van der Waals surface area contributed by atoms with E-state index in [2.05, 4.69) is 46.7 Å². The van der Waals surface area contributed by atoms with E-state index in [1.807, 2.05) is 17.9 Å². The third-order valence-corrected chi connectivity index (χ3v) is 6.41. The van der Waals surface area contributed by atoms with Gasteiger partial charge in [-0.1, -0.05) is 34.8 Å². The maximum atomic E-state index is 10.1. The number of hydrogen-bond acceptors (Lipinski definition) is 9. The molecule has 1 aliphatic heterocycles. The third-order valence-electron chi connectivity index (χ3n) is 4.84. The number of nitrogens with one attached hydrogen (secondary N) is 2. The van der Waals surface area contributed by atoms with Crippen molar-refractivity contribution < 1.29 is 9.84 Å². The molecule has 0 atom stereocenters. The number of benzene rings is 2. The zero-order valence-electron chi connectivity index (χ0n) is 17.8. The highest BCUT2D eigenvalue weighted by atomic mass is 79.9. The van der Waals surface area contributed by atoms with Crippen molar-refractivity contribution in [3.8, 4) is 5.75 Å². The fourth-order valence-electron chi connectivity index (χ4n) is 3.08. The Morgan fingerprint density at radius 1 is 1.06 bits per heavy atom. The smallest absolute Gasteiger partial charge is 0.250 e. The first-order valence-corrected chi connectivity index (χ1v) is 12.0. The zero-order valence-corrected chi connectivity index (χ0v) is 21.7. The van der Waals surface area contributed by atoms with Gasteiger partial charge in [0.25, 0.3) is 0 Å². The van der Waals surface area contributed by atoms with Crippen LogP contribution in [0.5, 0.6) is 5.75 Å². The molecule has 0 aliphatic carbocycles. The second kappa shape index (κ2) is 10.9. The van der Waals surface area contributed by atoms with Crippen LogP contribution >= 0.6 is 50.7 Å². The monoisotopic (exact) mass is 585 g/mol. The van der Waals surface area contributed by atoms with Gasteiger partial charge in [-0.25, -0.2) is 5.43 Å². The van der Waals surface area contributed by atoms with Gasteiger partial charge in [0.1, 0.15) is 5.75 Å².